The Balaban J connectivity index is 0.830. The van der Waals surface area contributed by atoms with Gasteiger partial charge in [-0.25, -0.2) is 9.98 Å². The second-order valence-electron chi connectivity index (χ2n) is 21.0. The van der Waals surface area contributed by atoms with Crippen molar-refractivity contribution < 1.29 is 33.9 Å². The van der Waals surface area contributed by atoms with Crippen molar-refractivity contribution >= 4 is 44.8 Å². The van der Waals surface area contributed by atoms with Crippen molar-refractivity contribution in [3.05, 3.63) is 190 Å². The molecule has 0 fully saturated rings. The standard InChI is InChI=1S/C64H68N6O7/c1-39-49-29-31-63(3,76-59(49)53-11-7-5-9-51(53)57(39)71)33-35-73-47-25-13-41(14-26-47)37-55(43-17-21-45(22-18-43)69-61(65)66)75-56(44-19-23-46(24-20-44)70-62(67)68)38-42-15-27-48(28-16-42)74-36-34-64(4)32-30-50-40(2)58(72)52-10-6-8-12-54(52)60(50)77-64/h5-28,55-56,71-72H,29-38H2,1-4H3,(H4,65,66,69)(H4,67,68,70). The molecule has 0 saturated heterocycles. The van der Waals surface area contributed by atoms with Crippen LogP contribution in [0.15, 0.2) is 156 Å². The molecule has 2 heterocycles. The summed E-state index contributed by atoms with van der Waals surface area (Å²) in [6.07, 6.45) is 4.96. The summed E-state index contributed by atoms with van der Waals surface area (Å²) < 4.78 is 33.5. The molecular weight excluding hydrogens is 965 g/mol. The van der Waals surface area contributed by atoms with Crippen molar-refractivity contribution in [1.82, 2.24) is 0 Å². The predicted molar refractivity (Wildman–Crippen MR) is 306 cm³/mol. The maximum absolute atomic E-state index is 10.9. The number of aromatic hydroxyl groups is 2. The average molecular weight is 1030 g/mol. The topological polar surface area (TPSA) is 215 Å². The molecule has 8 aromatic carbocycles. The second kappa shape index (κ2) is 22.0. The fourth-order valence-corrected chi connectivity index (χ4v) is 10.8. The number of phenols is 2. The Hall–Kier alpha value is -8.42. The van der Waals surface area contributed by atoms with Gasteiger partial charge in [0.2, 0.25) is 0 Å². The molecule has 8 aromatic rings. The normalized spacial score (nSPS) is 17.5. The minimum Gasteiger partial charge on any atom is -0.507 e. The van der Waals surface area contributed by atoms with Crippen LogP contribution in [0.5, 0.6) is 34.5 Å². The van der Waals surface area contributed by atoms with Gasteiger partial charge in [-0.15, -0.1) is 0 Å². The van der Waals surface area contributed by atoms with Gasteiger partial charge in [-0.1, -0.05) is 97.1 Å². The molecule has 77 heavy (non-hydrogen) atoms. The highest BCUT2D eigenvalue weighted by atomic mass is 16.5. The van der Waals surface area contributed by atoms with Gasteiger partial charge >= 0.3 is 0 Å². The number of fused-ring (bicyclic) bond motifs is 6. The molecular formula is C64H68N6O7. The Morgan fingerprint density at radius 1 is 0.519 bits per heavy atom. The Morgan fingerprint density at radius 2 is 0.883 bits per heavy atom. The highest BCUT2D eigenvalue weighted by molar-refractivity contribution is 5.97. The first-order valence-electron chi connectivity index (χ1n) is 26.4. The number of benzene rings is 8. The number of hydrogen-bond acceptors (Lipinski definition) is 9. The Kier molecular flexibility index (Phi) is 14.9. The number of phenolic OH excluding ortho intramolecular Hbond substituents is 2. The maximum Gasteiger partial charge on any atom is 0.191 e. The van der Waals surface area contributed by atoms with Gasteiger partial charge in [-0.3, -0.25) is 0 Å². The summed E-state index contributed by atoms with van der Waals surface area (Å²) in [6.45, 7) is 9.17. The van der Waals surface area contributed by atoms with Crippen molar-refractivity contribution in [2.75, 3.05) is 13.2 Å². The molecule has 4 unspecified atom stereocenters. The highest BCUT2D eigenvalue weighted by Gasteiger charge is 2.36. The number of guanidine groups is 2. The monoisotopic (exact) mass is 1030 g/mol. The van der Waals surface area contributed by atoms with Gasteiger partial charge in [-0.2, -0.15) is 0 Å². The molecule has 10 N–H and O–H groups in total. The van der Waals surface area contributed by atoms with Gasteiger partial charge in [0.05, 0.1) is 36.8 Å². The zero-order chi connectivity index (χ0) is 53.8. The summed E-state index contributed by atoms with van der Waals surface area (Å²) in [5.41, 5.74) is 31.3. The number of nitrogens with two attached hydrogens (primary N) is 4. The summed E-state index contributed by atoms with van der Waals surface area (Å²) in [4.78, 5) is 8.52. The number of hydrogen-bond donors (Lipinski definition) is 6. The van der Waals surface area contributed by atoms with Crippen molar-refractivity contribution in [1.29, 1.82) is 0 Å². The molecule has 0 aromatic heterocycles. The zero-order valence-corrected chi connectivity index (χ0v) is 44.2. The van der Waals surface area contributed by atoms with Gasteiger partial charge in [0.1, 0.15) is 45.7 Å². The van der Waals surface area contributed by atoms with Crippen LogP contribution in [-0.2, 0) is 30.4 Å². The average Bonchev–Trinajstić information content (AvgIpc) is 3.45. The van der Waals surface area contributed by atoms with Crippen molar-refractivity contribution in [3.8, 4) is 34.5 Å². The van der Waals surface area contributed by atoms with Gasteiger partial charge in [0, 0.05) is 58.4 Å². The molecule has 13 nitrogen and oxygen atoms in total. The molecule has 0 aliphatic carbocycles. The molecule has 2 aliphatic heterocycles. The maximum atomic E-state index is 10.9. The quantitative estimate of drug-likeness (QED) is 0.0351. The highest BCUT2D eigenvalue weighted by Crippen LogP contribution is 2.48. The number of nitrogens with zero attached hydrogens (tertiary/aromatic N) is 2. The first kappa shape index (κ1) is 52.0. The van der Waals surface area contributed by atoms with Gasteiger partial charge in [0.15, 0.2) is 11.9 Å². The van der Waals surface area contributed by atoms with E-state index in [4.69, 9.17) is 46.6 Å². The van der Waals surface area contributed by atoms with Crippen molar-refractivity contribution in [3.63, 3.8) is 0 Å². The molecule has 10 rings (SSSR count). The van der Waals surface area contributed by atoms with E-state index in [2.05, 4.69) is 48.1 Å². The molecule has 0 spiro atoms. The third kappa shape index (κ3) is 11.7. The molecule has 2 aliphatic rings. The van der Waals surface area contributed by atoms with Crippen LogP contribution >= 0.6 is 0 Å². The van der Waals surface area contributed by atoms with Crippen molar-refractivity contribution in [2.45, 2.75) is 102 Å². The van der Waals surface area contributed by atoms with Crippen LogP contribution in [-0.4, -0.2) is 46.5 Å². The van der Waals surface area contributed by atoms with E-state index in [-0.39, 0.29) is 11.9 Å². The fourth-order valence-electron chi connectivity index (χ4n) is 10.8. The lowest BCUT2D eigenvalue weighted by atomic mass is 9.86. The van der Waals surface area contributed by atoms with Crippen molar-refractivity contribution in [2.24, 2.45) is 32.9 Å². The fraction of sp³-hybridized carbons (Fsp3) is 0.281. The molecule has 4 atom stereocenters. The van der Waals surface area contributed by atoms with Gasteiger partial charge in [0.25, 0.3) is 0 Å². The van der Waals surface area contributed by atoms with E-state index in [9.17, 15) is 10.2 Å². The lowest BCUT2D eigenvalue weighted by Gasteiger charge is -2.37. The van der Waals surface area contributed by atoms with E-state index in [1.807, 2.05) is 135 Å². The van der Waals surface area contributed by atoms with Crippen LogP contribution < -0.4 is 41.9 Å². The SMILES string of the molecule is Cc1c2c(c3ccccc3c1O)OC(C)(CCOc1ccc(CC(OC(Cc3ccc(OCCC4(C)CCc5c(C)c(O)c6ccccc6c5O4)cc3)c3ccc(N=C(N)N)cc3)c3ccc(N=C(N)N)cc3)cc1)CC2. The molecule has 13 heteroatoms. The lowest BCUT2D eigenvalue weighted by molar-refractivity contribution is -0.0149. The third-order valence-corrected chi connectivity index (χ3v) is 15.4. The Morgan fingerprint density at radius 3 is 1.25 bits per heavy atom. The Bertz CT molecular complexity index is 3240. The largest absolute Gasteiger partial charge is 0.507 e. The van der Waals surface area contributed by atoms with E-state index in [1.165, 1.54) is 0 Å². The van der Waals surface area contributed by atoms with Crippen LogP contribution in [0.25, 0.3) is 21.5 Å². The lowest BCUT2D eigenvalue weighted by Crippen LogP contribution is -2.38. The molecule has 0 radical (unpaired) electrons. The molecule has 0 bridgehead atoms. The van der Waals surface area contributed by atoms with Crippen LogP contribution in [0.2, 0.25) is 0 Å². The molecule has 0 saturated carbocycles. The minimum absolute atomic E-state index is 0.0193. The minimum atomic E-state index is -0.431. The second-order valence-corrected chi connectivity index (χ2v) is 21.0. The summed E-state index contributed by atoms with van der Waals surface area (Å²) >= 11 is 0. The van der Waals surface area contributed by atoms with Crippen LogP contribution in [0.1, 0.15) is 96.2 Å². The number of aliphatic imine (C=N–C) groups is 2. The summed E-state index contributed by atoms with van der Waals surface area (Å²) in [5.74, 6) is 3.86. The van der Waals surface area contributed by atoms with Gasteiger partial charge in [-0.05, 0) is 135 Å². The summed E-state index contributed by atoms with van der Waals surface area (Å²) in [7, 11) is 0. The number of ether oxygens (including phenoxy) is 5. The predicted octanol–water partition coefficient (Wildman–Crippen LogP) is 12.2. The van der Waals surface area contributed by atoms with E-state index >= 15 is 0 Å². The smallest absolute Gasteiger partial charge is 0.191 e. The molecule has 396 valence electrons. The van der Waals surface area contributed by atoms with E-state index < -0.39 is 23.4 Å². The Labute approximate surface area is 450 Å². The van der Waals surface area contributed by atoms with E-state index in [0.29, 0.717) is 61.8 Å². The zero-order valence-electron chi connectivity index (χ0n) is 44.2. The van der Waals surface area contributed by atoms with Crippen LogP contribution in [0.4, 0.5) is 11.4 Å². The summed E-state index contributed by atoms with van der Waals surface area (Å²) in [5, 5.41) is 25.3. The van der Waals surface area contributed by atoms with Crippen LogP contribution in [0, 0.1) is 13.8 Å². The van der Waals surface area contributed by atoms with Gasteiger partial charge < -0.3 is 56.8 Å². The molecule has 0 amide bonds. The van der Waals surface area contributed by atoms with Crippen LogP contribution in [0.3, 0.4) is 0 Å². The van der Waals surface area contributed by atoms with E-state index in [1.54, 1.807) is 0 Å². The third-order valence-electron chi connectivity index (χ3n) is 15.4. The summed E-state index contributed by atoms with van der Waals surface area (Å²) in [6, 6.07) is 47.7. The van der Waals surface area contributed by atoms with E-state index in [0.717, 1.165) is 115 Å². The first-order valence-corrected chi connectivity index (χ1v) is 26.4. The first-order chi connectivity index (χ1) is 37.1. The number of rotatable bonds is 18.